The molecule has 3 N–H and O–H groups in total. The Hall–Kier alpha value is -3.77. The van der Waals surface area contributed by atoms with Crippen LogP contribution in [0.1, 0.15) is 18.1 Å². The van der Waals surface area contributed by atoms with E-state index >= 15 is 0 Å². The van der Waals surface area contributed by atoms with Crippen LogP contribution < -0.4 is 14.8 Å². The Morgan fingerprint density at radius 1 is 1.35 bits per heavy atom. The van der Waals surface area contributed by atoms with Crippen molar-refractivity contribution >= 4 is 34.8 Å². The predicted molar refractivity (Wildman–Crippen MR) is 123 cm³/mol. The summed E-state index contributed by atoms with van der Waals surface area (Å²) in [4.78, 5) is 18.1. The highest BCUT2D eigenvalue weighted by Gasteiger charge is 2.29. The molecule has 1 aliphatic heterocycles. The first-order chi connectivity index (χ1) is 15.0. The van der Waals surface area contributed by atoms with Gasteiger partial charge in [-0.2, -0.15) is 5.26 Å². The average Bonchev–Trinajstić information content (AvgIpc) is 2.79. The molecule has 1 aliphatic rings. The minimum atomic E-state index is -0.268. The van der Waals surface area contributed by atoms with Crippen molar-refractivity contribution < 1.29 is 9.53 Å². The van der Waals surface area contributed by atoms with Gasteiger partial charge in [0.05, 0.1) is 16.8 Å². The molecule has 0 radical (unpaired) electrons. The molecular weight excluding hydrogens is 412 g/mol. The van der Waals surface area contributed by atoms with E-state index < -0.39 is 0 Å². The number of amides is 1. The summed E-state index contributed by atoms with van der Waals surface area (Å²) < 4.78 is 9.25. The summed E-state index contributed by atoms with van der Waals surface area (Å²) in [5.41, 5.74) is 2.80. The summed E-state index contributed by atoms with van der Waals surface area (Å²) in [7, 11) is 3.33. The first-order valence-corrected chi connectivity index (χ1v) is 10.5. The van der Waals surface area contributed by atoms with E-state index in [1.54, 1.807) is 50.4 Å². The molecule has 0 unspecified atom stereocenters. The van der Waals surface area contributed by atoms with E-state index in [4.69, 9.17) is 15.4 Å². The Morgan fingerprint density at radius 2 is 2.16 bits per heavy atom. The highest BCUT2D eigenvalue weighted by molar-refractivity contribution is 8.00. The summed E-state index contributed by atoms with van der Waals surface area (Å²) in [5, 5.41) is 20.4. The normalized spacial score (nSPS) is 14.8. The molecule has 2 heterocycles. The smallest absolute Gasteiger partial charge is 0.261 e. The van der Waals surface area contributed by atoms with Gasteiger partial charge < -0.3 is 19.7 Å². The number of hydrogen-bond acceptors (Lipinski definition) is 8. The van der Waals surface area contributed by atoms with E-state index in [0.29, 0.717) is 28.3 Å². The number of carbonyl (C=O) groups is 1. The van der Waals surface area contributed by atoms with Crippen LogP contribution in [0.15, 0.2) is 54.5 Å². The number of pyridine rings is 1. The standard InChI is InChI=1S/C22H22N6O2S/c1-4-31-27-15-6-7-19(30-20-8-5-14(10-23)11-26-20)16(9-15)18-13-28(3)22(29)17(12-25-2)21(18)24/h5-9,11-13,24-25,27H,4H2,1-3H3/b17-12+,24-21?. The molecule has 0 atom stereocenters. The molecule has 0 saturated heterocycles. The van der Waals surface area contributed by atoms with Crippen LogP contribution in [0.3, 0.4) is 0 Å². The van der Waals surface area contributed by atoms with Crippen LogP contribution >= 0.6 is 11.9 Å². The number of nitrogens with one attached hydrogen (secondary N) is 3. The number of allylic oxidation sites excluding steroid dienone is 1. The second kappa shape index (κ2) is 9.82. The van der Waals surface area contributed by atoms with E-state index in [9.17, 15) is 4.79 Å². The van der Waals surface area contributed by atoms with E-state index in [1.807, 2.05) is 25.1 Å². The molecule has 31 heavy (non-hydrogen) atoms. The number of hydrogen-bond donors (Lipinski definition) is 3. The molecule has 9 heteroatoms. The number of benzene rings is 1. The second-order valence-corrected chi connectivity index (χ2v) is 7.60. The number of likely N-dealkylation sites (N-methyl/N-ethyl adjacent to an activating group) is 1. The zero-order chi connectivity index (χ0) is 22.4. The fourth-order valence-corrected chi connectivity index (χ4v) is 3.35. The van der Waals surface area contributed by atoms with E-state index in [-0.39, 0.29) is 17.2 Å². The molecule has 1 aromatic carbocycles. The fraction of sp³-hybridized carbons (Fsp3) is 0.182. The van der Waals surface area contributed by atoms with Gasteiger partial charge in [-0.05, 0) is 24.3 Å². The predicted octanol–water partition coefficient (Wildman–Crippen LogP) is 3.76. The lowest BCUT2D eigenvalue weighted by Crippen LogP contribution is -2.33. The lowest BCUT2D eigenvalue weighted by atomic mass is 9.92. The van der Waals surface area contributed by atoms with Crippen molar-refractivity contribution in [3.05, 3.63) is 65.6 Å². The monoisotopic (exact) mass is 434 g/mol. The van der Waals surface area contributed by atoms with E-state index in [0.717, 1.165) is 11.4 Å². The largest absolute Gasteiger partial charge is 0.438 e. The third-order valence-electron chi connectivity index (χ3n) is 4.38. The Labute approximate surface area is 185 Å². The Balaban J connectivity index is 2.07. The molecule has 0 aliphatic carbocycles. The third-order valence-corrected chi connectivity index (χ3v) is 5.05. The number of ether oxygens (including phenoxy) is 1. The van der Waals surface area contributed by atoms with Gasteiger partial charge in [-0.15, -0.1) is 0 Å². The van der Waals surface area contributed by atoms with Crippen LogP contribution in [0.25, 0.3) is 5.57 Å². The van der Waals surface area contributed by atoms with Crippen molar-refractivity contribution in [3.63, 3.8) is 0 Å². The lowest BCUT2D eigenvalue weighted by molar-refractivity contribution is -0.123. The maximum atomic E-state index is 12.5. The van der Waals surface area contributed by atoms with Crippen molar-refractivity contribution in [2.24, 2.45) is 0 Å². The van der Waals surface area contributed by atoms with Gasteiger partial charge in [0.2, 0.25) is 5.88 Å². The average molecular weight is 435 g/mol. The van der Waals surface area contributed by atoms with Crippen molar-refractivity contribution in [2.45, 2.75) is 6.92 Å². The number of nitrogens with zero attached hydrogens (tertiary/aromatic N) is 3. The maximum Gasteiger partial charge on any atom is 0.261 e. The van der Waals surface area contributed by atoms with Crippen molar-refractivity contribution in [3.8, 4) is 17.7 Å². The van der Waals surface area contributed by atoms with Gasteiger partial charge in [0, 0.05) is 61.3 Å². The van der Waals surface area contributed by atoms with Crippen molar-refractivity contribution in [2.75, 3.05) is 24.6 Å². The quantitative estimate of drug-likeness (QED) is 0.449. The molecule has 8 nitrogen and oxygen atoms in total. The molecule has 0 fully saturated rings. The Bertz CT molecular complexity index is 1100. The molecule has 0 saturated carbocycles. The van der Waals surface area contributed by atoms with Crippen LogP contribution in [0.2, 0.25) is 0 Å². The summed E-state index contributed by atoms with van der Waals surface area (Å²) in [6.07, 6.45) is 4.58. The van der Waals surface area contributed by atoms with Crippen LogP contribution in [0.5, 0.6) is 11.6 Å². The minimum absolute atomic E-state index is 0.0929. The maximum absolute atomic E-state index is 12.5. The molecule has 1 aromatic heterocycles. The van der Waals surface area contributed by atoms with Gasteiger partial charge in [-0.3, -0.25) is 10.2 Å². The molecule has 1 amide bonds. The number of aromatic nitrogens is 1. The topological polar surface area (TPSA) is 114 Å². The van der Waals surface area contributed by atoms with Gasteiger partial charge in [-0.1, -0.05) is 18.9 Å². The second-order valence-electron chi connectivity index (χ2n) is 6.53. The highest BCUT2D eigenvalue weighted by atomic mass is 32.2. The van der Waals surface area contributed by atoms with E-state index in [1.165, 1.54) is 17.3 Å². The van der Waals surface area contributed by atoms with Crippen molar-refractivity contribution in [1.82, 2.24) is 15.2 Å². The lowest BCUT2D eigenvalue weighted by Gasteiger charge is -2.25. The summed E-state index contributed by atoms with van der Waals surface area (Å²) in [6, 6.07) is 10.8. The number of nitriles is 1. The fourth-order valence-electron chi connectivity index (χ4n) is 2.91. The van der Waals surface area contributed by atoms with Crippen LogP contribution in [0.4, 0.5) is 5.69 Å². The molecule has 158 valence electrons. The number of rotatable bonds is 7. The summed E-state index contributed by atoms with van der Waals surface area (Å²) >= 11 is 1.55. The molecule has 2 aromatic rings. The van der Waals surface area contributed by atoms with Crippen LogP contribution in [-0.2, 0) is 4.79 Å². The molecule has 3 rings (SSSR count). The van der Waals surface area contributed by atoms with Gasteiger partial charge in [0.1, 0.15) is 11.8 Å². The summed E-state index contributed by atoms with van der Waals surface area (Å²) in [5.74, 6) is 1.41. The van der Waals surface area contributed by atoms with E-state index in [2.05, 4.69) is 15.0 Å². The molecular formula is C22H22N6O2S. The van der Waals surface area contributed by atoms with Gasteiger partial charge in [0.15, 0.2) is 0 Å². The number of anilines is 1. The number of carbonyl (C=O) groups excluding carboxylic acids is 1. The Morgan fingerprint density at radius 3 is 2.81 bits per heavy atom. The molecule has 0 spiro atoms. The van der Waals surface area contributed by atoms with Crippen molar-refractivity contribution in [1.29, 1.82) is 10.7 Å². The van der Waals surface area contributed by atoms with Gasteiger partial charge in [0.25, 0.3) is 5.91 Å². The van der Waals surface area contributed by atoms with Crippen LogP contribution in [0, 0.1) is 16.7 Å². The first-order valence-electron chi connectivity index (χ1n) is 9.50. The SMILES string of the molecule is CCSNc1ccc(Oc2ccc(C#N)cn2)c(C2=CN(C)C(=O)/C(=C/NC)C2=N)c1. The van der Waals surface area contributed by atoms with Gasteiger partial charge >= 0.3 is 0 Å². The zero-order valence-corrected chi connectivity index (χ0v) is 18.2. The minimum Gasteiger partial charge on any atom is -0.438 e. The van der Waals surface area contributed by atoms with Crippen LogP contribution in [-0.4, -0.2) is 41.4 Å². The first kappa shape index (κ1) is 21.9. The third kappa shape index (κ3) is 4.87. The highest BCUT2D eigenvalue weighted by Crippen LogP contribution is 2.36. The summed E-state index contributed by atoms with van der Waals surface area (Å²) in [6.45, 7) is 2.04. The Kier molecular flexibility index (Phi) is 6.95. The van der Waals surface area contributed by atoms with Gasteiger partial charge in [-0.25, -0.2) is 4.98 Å². The zero-order valence-electron chi connectivity index (χ0n) is 17.4. The molecule has 0 bridgehead atoms.